The number of benzene rings is 1. The smallest absolute Gasteiger partial charge is 0.336 e. The average molecular weight is 458 g/mol. The molecule has 1 aliphatic carbocycles. The lowest BCUT2D eigenvalue weighted by Crippen LogP contribution is -2.43. The Morgan fingerprint density at radius 2 is 1.85 bits per heavy atom. The van der Waals surface area contributed by atoms with Gasteiger partial charge in [0.05, 0.1) is 25.4 Å². The van der Waals surface area contributed by atoms with E-state index in [1.54, 1.807) is 19.1 Å². The summed E-state index contributed by atoms with van der Waals surface area (Å²) in [5, 5.41) is 13.0. The highest BCUT2D eigenvalue weighted by atomic mass is 16.6. The molecule has 0 fully saturated rings. The van der Waals surface area contributed by atoms with Crippen LogP contribution in [0.3, 0.4) is 0 Å². The molecule has 178 valence electrons. The molecule has 2 aliphatic rings. The lowest BCUT2D eigenvalue weighted by Gasteiger charge is -2.38. The van der Waals surface area contributed by atoms with Crippen LogP contribution in [0.1, 0.15) is 45.6 Å². The van der Waals surface area contributed by atoms with Crippen molar-refractivity contribution in [3.8, 4) is 5.75 Å². The summed E-state index contributed by atoms with van der Waals surface area (Å²) in [5.41, 5.74) is 2.54. The molecule has 0 unspecified atom stereocenters. The summed E-state index contributed by atoms with van der Waals surface area (Å²) >= 11 is 0. The van der Waals surface area contributed by atoms with Crippen LogP contribution in [0.25, 0.3) is 0 Å². The molecule has 0 bridgehead atoms. The second-order valence-electron chi connectivity index (χ2n) is 8.68. The van der Waals surface area contributed by atoms with Crippen molar-refractivity contribution in [2.45, 2.75) is 46.1 Å². The van der Waals surface area contributed by atoms with Crippen molar-refractivity contribution in [3.63, 3.8) is 0 Å². The third-order valence-corrected chi connectivity index (χ3v) is 5.96. The van der Waals surface area contributed by atoms with Gasteiger partial charge in [-0.1, -0.05) is 19.1 Å². The molecule has 33 heavy (non-hydrogen) atoms. The van der Waals surface area contributed by atoms with Crippen LogP contribution in [-0.2, 0) is 28.6 Å². The number of hydrogen-bond acceptors (Lipinski definition) is 8. The monoisotopic (exact) mass is 457 g/mol. The molecule has 1 heterocycles. The fourth-order valence-electron chi connectivity index (χ4n) is 4.45. The Morgan fingerprint density at radius 3 is 2.45 bits per heavy atom. The molecule has 0 aromatic heterocycles. The van der Waals surface area contributed by atoms with Crippen molar-refractivity contribution in [2.75, 3.05) is 20.3 Å². The number of dihydropyridines is 1. The van der Waals surface area contributed by atoms with Gasteiger partial charge in [0.25, 0.3) is 0 Å². The molecule has 8 nitrogen and oxygen atoms in total. The molecule has 1 aromatic rings. The van der Waals surface area contributed by atoms with E-state index in [1.165, 1.54) is 19.2 Å². The van der Waals surface area contributed by atoms with Gasteiger partial charge in [-0.25, -0.2) is 4.79 Å². The number of hydrogen-bond donors (Lipinski definition) is 2. The highest BCUT2D eigenvalue weighted by Crippen LogP contribution is 2.45. The van der Waals surface area contributed by atoms with Crippen molar-refractivity contribution in [2.24, 2.45) is 11.8 Å². The maximum Gasteiger partial charge on any atom is 0.336 e. The number of allylic oxidation sites excluding steroid dienone is 3. The largest absolute Gasteiger partial charge is 0.508 e. The number of carbonyl (C=O) groups is 3. The minimum Gasteiger partial charge on any atom is -0.508 e. The number of ether oxygens (including phenoxy) is 3. The standard InChI is InChI=1S/C25H31NO7/c1-13(2)32-10-11-33-25(30)20-15(4)26-18-12-14(3)19(24(29)31-5)23(28)22(18)21(20)16-6-8-17(27)9-7-16/h6-9,13-14,19,21,26-27H,10-12H2,1-5H3/t14-,19+,21+/m1/s1. The first kappa shape index (κ1) is 24.5. The summed E-state index contributed by atoms with van der Waals surface area (Å²) in [6.07, 6.45) is 0.465. The molecule has 0 amide bonds. The summed E-state index contributed by atoms with van der Waals surface area (Å²) in [7, 11) is 1.26. The van der Waals surface area contributed by atoms with Gasteiger partial charge in [-0.15, -0.1) is 0 Å². The maximum absolute atomic E-state index is 13.6. The number of nitrogens with one attached hydrogen (secondary N) is 1. The number of esters is 2. The lowest BCUT2D eigenvalue weighted by atomic mass is 9.69. The minimum atomic E-state index is -0.953. The first-order valence-electron chi connectivity index (χ1n) is 11.1. The van der Waals surface area contributed by atoms with E-state index in [4.69, 9.17) is 14.2 Å². The normalized spacial score (nSPS) is 22.7. The van der Waals surface area contributed by atoms with Gasteiger partial charge in [-0.3, -0.25) is 9.59 Å². The Kier molecular flexibility index (Phi) is 7.58. The summed E-state index contributed by atoms with van der Waals surface area (Å²) < 4.78 is 15.8. The number of rotatable bonds is 7. The van der Waals surface area contributed by atoms with Crippen LogP contribution in [0.2, 0.25) is 0 Å². The maximum atomic E-state index is 13.6. The van der Waals surface area contributed by atoms with Gasteiger partial charge in [0.15, 0.2) is 5.78 Å². The Hall–Kier alpha value is -3.13. The minimum absolute atomic E-state index is 0.00978. The molecule has 0 saturated heterocycles. The first-order valence-corrected chi connectivity index (χ1v) is 11.1. The van der Waals surface area contributed by atoms with E-state index in [0.717, 1.165) is 0 Å². The fourth-order valence-corrected chi connectivity index (χ4v) is 4.45. The molecule has 0 spiro atoms. The number of aromatic hydroxyl groups is 1. The third-order valence-electron chi connectivity index (χ3n) is 5.96. The average Bonchev–Trinajstić information content (AvgIpc) is 2.75. The fraction of sp³-hybridized carbons (Fsp3) is 0.480. The summed E-state index contributed by atoms with van der Waals surface area (Å²) in [6.45, 7) is 7.70. The highest BCUT2D eigenvalue weighted by molar-refractivity contribution is 6.12. The molecule has 0 saturated carbocycles. The molecule has 1 aromatic carbocycles. The van der Waals surface area contributed by atoms with Crippen molar-refractivity contribution in [1.29, 1.82) is 0 Å². The van der Waals surface area contributed by atoms with Crippen molar-refractivity contribution in [3.05, 3.63) is 52.4 Å². The van der Waals surface area contributed by atoms with Crippen LogP contribution in [-0.4, -0.2) is 49.3 Å². The third kappa shape index (κ3) is 5.11. The Balaban J connectivity index is 2.02. The van der Waals surface area contributed by atoms with Gasteiger partial charge in [-0.05, 0) is 50.8 Å². The van der Waals surface area contributed by atoms with Crippen molar-refractivity contribution in [1.82, 2.24) is 5.32 Å². The number of phenols is 1. The predicted octanol–water partition coefficient (Wildman–Crippen LogP) is 2.97. The lowest BCUT2D eigenvalue weighted by molar-refractivity contribution is -0.151. The van der Waals surface area contributed by atoms with Crippen LogP contribution < -0.4 is 5.32 Å². The number of ketones is 1. The van der Waals surface area contributed by atoms with Gasteiger partial charge >= 0.3 is 11.9 Å². The van der Waals surface area contributed by atoms with Crippen LogP contribution in [0.15, 0.2) is 46.8 Å². The van der Waals surface area contributed by atoms with Gasteiger partial charge in [0.1, 0.15) is 18.3 Å². The zero-order chi connectivity index (χ0) is 24.3. The van der Waals surface area contributed by atoms with Gasteiger partial charge < -0.3 is 24.6 Å². The SMILES string of the molecule is COC(=O)[C@@H]1C(=O)C2=C(C[C@H]1C)NC(C)=C(C(=O)OCCOC(C)C)[C@@H]2c1ccc(O)cc1. The van der Waals surface area contributed by atoms with Crippen molar-refractivity contribution < 1.29 is 33.7 Å². The van der Waals surface area contributed by atoms with Gasteiger partial charge in [0, 0.05) is 22.9 Å². The van der Waals surface area contributed by atoms with Crippen molar-refractivity contribution >= 4 is 17.7 Å². The van der Waals surface area contributed by atoms with Crippen LogP contribution in [0, 0.1) is 11.8 Å². The van der Waals surface area contributed by atoms with E-state index in [0.29, 0.717) is 29.0 Å². The van der Waals surface area contributed by atoms with E-state index >= 15 is 0 Å². The van der Waals surface area contributed by atoms with E-state index in [2.05, 4.69) is 5.32 Å². The summed E-state index contributed by atoms with van der Waals surface area (Å²) in [5.74, 6) is -3.43. The second-order valence-corrected chi connectivity index (χ2v) is 8.68. The number of methoxy groups -OCH3 is 1. The van der Waals surface area contributed by atoms with Gasteiger partial charge in [0.2, 0.25) is 0 Å². The molecule has 2 N–H and O–H groups in total. The Morgan fingerprint density at radius 1 is 1.18 bits per heavy atom. The molecule has 3 rings (SSSR count). The molecular weight excluding hydrogens is 426 g/mol. The first-order chi connectivity index (χ1) is 15.6. The van der Waals surface area contributed by atoms with E-state index < -0.39 is 23.8 Å². The highest BCUT2D eigenvalue weighted by Gasteiger charge is 2.47. The second kappa shape index (κ2) is 10.2. The summed E-state index contributed by atoms with van der Waals surface area (Å²) in [4.78, 5) is 39.2. The number of carbonyl (C=O) groups excluding carboxylic acids is 3. The molecule has 1 aliphatic heterocycles. The zero-order valence-corrected chi connectivity index (χ0v) is 19.6. The summed E-state index contributed by atoms with van der Waals surface area (Å²) in [6, 6.07) is 6.33. The Labute approximate surface area is 193 Å². The molecule has 3 atom stereocenters. The molecule has 8 heteroatoms. The van der Waals surface area contributed by atoms with E-state index in [9.17, 15) is 19.5 Å². The topological polar surface area (TPSA) is 111 Å². The number of Topliss-reactive ketones (excluding diaryl/α,β-unsaturated/α-hetero) is 1. The quantitative estimate of drug-likeness (QED) is 0.365. The van der Waals surface area contributed by atoms with E-state index in [-0.39, 0.29) is 42.3 Å². The van der Waals surface area contributed by atoms with Gasteiger partial charge in [-0.2, -0.15) is 0 Å². The number of phenolic OH excluding ortho intramolecular Hbond substituents is 1. The molecular formula is C25H31NO7. The predicted molar refractivity (Wildman–Crippen MR) is 120 cm³/mol. The van der Waals surface area contributed by atoms with Crippen LogP contribution in [0.5, 0.6) is 5.75 Å². The molecule has 0 radical (unpaired) electrons. The van der Waals surface area contributed by atoms with E-state index in [1.807, 2.05) is 20.8 Å². The van der Waals surface area contributed by atoms with Crippen LogP contribution >= 0.6 is 0 Å². The Bertz CT molecular complexity index is 991. The zero-order valence-electron chi connectivity index (χ0n) is 19.6. The van der Waals surface area contributed by atoms with Crippen LogP contribution in [0.4, 0.5) is 0 Å².